The number of thiophene rings is 1. The zero-order valence-electron chi connectivity index (χ0n) is 14.9. The minimum absolute atomic E-state index is 0.145. The third kappa shape index (κ3) is 3.89. The molecule has 2 amide bonds. The van der Waals surface area contributed by atoms with Gasteiger partial charge in [-0.3, -0.25) is 14.9 Å². The molecule has 0 spiro atoms. The van der Waals surface area contributed by atoms with Crippen LogP contribution >= 0.6 is 23.1 Å². The molecule has 0 radical (unpaired) electrons. The summed E-state index contributed by atoms with van der Waals surface area (Å²) >= 11 is 3.11. The van der Waals surface area contributed by atoms with E-state index in [1.54, 1.807) is 41.9 Å². The number of benzene rings is 1. The number of carbonyl (C=O) groups excluding carboxylic acids is 2. The van der Waals surface area contributed by atoms with Gasteiger partial charge in [0.05, 0.1) is 5.75 Å². The minimum atomic E-state index is -0.379. The van der Waals surface area contributed by atoms with Gasteiger partial charge >= 0.3 is 0 Å². The summed E-state index contributed by atoms with van der Waals surface area (Å²) in [6.07, 6.45) is 4.86. The standard InChI is InChI=1S/C20H19N3O2S2/c1-12-7-8-14-15(9-12)27-20-17(14)19(21-11-22-20)26-10-16(24)23-18(25)13-5-3-2-4-6-13/h2-6,11-12H,7-10H2,1H3,(H,23,24,25)/t12-/m1/s1. The number of aromatic nitrogens is 2. The molecule has 0 aliphatic heterocycles. The topological polar surface area (TPSA) is 72.0 Å². The second-order valence-corrected chi connectivity index (χ2v) is 8.79. The van der Waals surface area contributed by atoms with Crippen molar-refractivity contribution in [1.29, 1.82) is 0 Å². The zero-order chi connectivity index (χ0) is 18.8. The molecular weight excluding hydrogens is 378 g/mol. The lowest BCUT2D eigenvalue weighted by molar-refractivity contribution is -0.117. The van der Waals surface area contributed by atoms with Crippen LogP contribution in [0.4, 0.5) is 0 Å². The van der Waals surface area contributed by atoms with Gasteiger partial charge in [-0.25, -0.2) is 9.97 Å². The highest BCUT2D eigenvalue weighted by atomic mass is 32.2. The van der Waals surface area contributed by atoms with Crippen molar-refractivity contribution < 1.29 is 9.59 Å². The molecule has 1 aliphatic rings. The molecule has 7 heteroatoms. The first-order chi connectivity index (χ1) is 13.1. The predicted octanol–water partition coefficient (Wildman–Crippen LogP) is 3.86. The molecule has 3 aromatic rings. The van der Waals surface area contributed by atoms with Crippen LogP contribution in [0.1, 0.15) is 34.1 Å². The Hall–Kier alpha value is -2.25. The van der Waals surface area contributed by atoms with E-state index in [2.05, 4.69) is 22.2 Å². The Bertz CT molecular complexity index is 1000. The molecular formula is C20H19N3O2S2. The highest BCUT2D eigenvalue weighted by molar-refractivity contribution is 8.00. The number of rotatable bonds is 4. The Morgan fingerprint density at radius 1 is 1.26 bits per heavy atom. The molecule has 5 nitrogen and oxygen atoms in total. The van der Waals surface area contributed by atoms with Gasteiger partial charge in [0.1, 0.15) is 16.2 Å². The quantitative estimate of drug-likeness (QED) is 0.535. The minimum Gasteiger partial charge on any atom is -0.292 e. The third-order valence-electron chi connectivity index (χ3n) is 4.69. The number of fused-ring (bicyclic) bond motifs is 3. The molecule has 1 aromatic carbocycles. The average Bonchev–Trinajstić information content (AvgIpc) is 3.05. The number of thioether (sulfide) groups is 1. The van der Waals surface area contributed by atoms with Crippen LogP contribution in [0.5, 0.6) is 0 Å². The highest BCUT2D eigenvalue weighted by Gasteiger charge is 2.23. The second-order valence-electron chi connectivity index (χ2n) is 6.74. The molecule has 0 unspecified atom stereocenters. The molecule has 2 aromatic heterocycles. The Balaban J connectivity index is 1.48. The Morgan fingerprint density at radius 3 is 2.89 bits per heavy atom. The molecule has 27 heavy (non-hydrogen) atoms. The molecule has 0 saturated heterocycles. The van der Waals surface area contributed by atoms with Crippen molar-refractivity contribution in [2.75, 3.05) is 5.75 Å². The van der Waals surface area contributed by atoms with Crippen molar-refractivity contribution in [3.8, 4) is 0 Å². The van der Waals surface area contributed by atoms with Crippen LogP contribution in [-0.2, 0) is 17.6 Å². The van der Waals surface area contributed by atoms with E-state index in [0.717, 1.165) is 28.1 Å². The lowest BCUT2D eigenvalue weighted by atomic mass is 9.89. The first kappa shape index (κ1) is 18.1. The average molecular weight is 398 g/mol. The van der Waals surface area contributed by atoms with Crippen LogP contribution in [0.25, 0.3) is 10.2 Å². The molecule has 2 heterocycles. The largest absolute Gasteiger partial charge is 0.292 e. The first-order valence-electron chi connectivity index (χ1n) is 8.89. The fourth-order valence-electron chi connectivity index (χ4n) is 3.31. The molecule has 1 N–H and O–H groups in total. The van der Waals surface area contributed by atoms with Crippen molar-refractivity contribution >= 4 is 45.1 Å². The lowest BCUT2D eigenvalue weighted by Crippen LogP contribution is -2.31. The van der Waals surface area contributed by atoms with Crippen molar-refractivity contribution in [2.24, 2.45) is 5.92 Å². The van der Waals surface area contributed by atoms with E-state index < -0.39 is 0 Å². The van der Waals surface area contributed by atoms with E-state index in [1.165, 1.54) is 28.6 Å². The summed E-state index contributed by atoms with van der Waals surface area (Å²) in [5.74, 6) is 0.143. The first-order valence-corrected chi connectivity index (χ1v) is 10.7. The van der Waals surface area contributed by atoms with E-state index in [0.29, 0.717) is 11.5 Å². The summed E-state index contributed by atoms with van der Waals surface area (Å²) in [5.41, 5.74) is 1.82. The smallest absolute Gasteiger partial charge is 0.257 e. The molecule has 1 aliphatic carbocycles. The van der Waals surface area contributed by atoms with Crippen molar-refractivity contribution in [3.63, 3.8) is 0 Å². The van der Waals surface area contributed by atoms with Crippen LogP contribution in [0.15, 0.2) is 41.7 Å². The van der Waals surface area contributed by atoms with Crippen LogP contribution in [0.2, 0.25) is 0 Å². The molecule has 4 rings (SSSR count). The van der Waals surface area contributed by atoms with Crippen LogP contribution in [0.3, 0.4) is 0 Å². The lowest BCUT2D eigenvalue weighted by Gasteiger charge is -2.18. The van der Waals surface area contributed by atoms with Gasteiger partial charge in [-0.05, 0) is 42.9 Å². The summed E-state index contributed by atoms with van der Waals surface area (Å²) in [6.45, 7) is 2.28. The van der Waals surface area contributed by atoms with Gasteiger partial charge in [0.2, 0.25) is 5.91 Å². The Kier molecular flexibility index (Phi) is 5.22. The molecule has 0 bridgehead atoms. The fourth-order valence-corrected chi connectivity index (χ4v) is 5.55. The van der Waals surface area contributed by atoms with E-state index in [4.69, 9.17) is 0 Å². The maximum atomic E-state index is 12.2. The van der Waals surface area contributed by atoms with Crippen LogP contribution < -0.4 is 5.32 Å². The molecule has 138 valence electrons. The number of nitrogens with one attached hydrogen (secondary N) is 1. The van der Waals surface area contributed by atoms with E-state index in [9.17, 15) is 9.59 Å². The number of hydrogen-bond donors (Lipinski definition) is 1. The summed E-state index contributed by atoms with van der Waals surface area (Å²) < 4.78 is 0. The van der Waals surface area contributed by atoms with Gasteiger partial charge in [0.15, 0.2) is 0 Å². The van der Waals surface area contributed by atoms with Gasteiger partial charge in [0.25, 0.3) is 5.91 Å². The van der Waals surface area contributed by atoms with Gasteiger partial charge in [-0.1, -0.05) is 36.9 Å². The summed E-state index contributed by atoms with van der Waals surface area (Å²) in [7, 11) is 0. The van der Waals surface area contributed by atoms with Gasteiger partial charge in [-0.2, -0.15) is 0 Å². The number of amides is 2. The predicted molar refractivity (Wildman–Crippen MR) is 108 cm³/mol. The number of imide groups is 1. The van der Waals surface area contributed by atoms with Gasteiger partial charge < -0.3 is 0 Å². The number of nitrogens with zero attached hydrogens (tertiary/aromatic N) is 2. The summed E-state index contributed by atoms with van der Waals surface area (Å²) in [4.78, 5) is 35.5. The maximum absolute atomic E-state index is 12.2. The second kappa shape index (κ2) is 7.78. The van der Waals surface area contributed by atoms with E-state index in [1.807, 2.05) is 6.07 Å². The zero-order valence-corrected chi connectivity index (χ0v) is 16.5. The monoisotopic (exact) mass is 397 g/mol. The van der Waals surface area contributed by atoms with Crippen molar-refractivity contribution in [1.82, 2.24) is 15.3 Å². The Labute approximate surface area is 165 Å². The van der Waals surface area contributed by atoms with Crippen molar-refractivity contribution in [3.05, 3.63) is 52.7 Å². The highest BCUT2D eigenvalue weighted by Crippen LogP contribution is 2.40. The van der Waals surface area contributed by atoms with E-state index >= 15 is 0 Å². The summed E-state index contributed by atoms with van der Waals surface area (Å²) in [5, 5.41) is 4.36. The fraction of sp³-hybridized carbons (Fsp3) is 0.300. The number of hydrogen-bond acceptors (Lipinski definition) is 6. The molecule has 1 atom stereocenters. The maximum Gasteiger partial charge on any atom is 0.257 e. The SMILES string of the molecule is C[C@@H]1CCc2c(sc3ncnc(SCC(=O)NC(=O)c4ccccc4)c23)C1. The third-order valence-corrected chi connectivity index (χ3v) is 6.84. The van der Waals surface area contributed by atoms with Crippen molar-refractivity contribution in [2.45, 2.75) is 31.2 Å². The normalized spacial score (nSPS) is 16.1. The van der Waals surface area contributed by atoms with Gasteiger partial charge in [0, 0.05) is 15.8 Å². The van der Waals surface area contributed by atoms with Crippen LogP contribution in [0, 0.1) is 5.92 Å². The molecule has 0 saturated carbocycles. The summed E-state index contributed by atoms with van der Waals surface area (Å²) in [6, 6.07) is 8.74. The number of carbonyl (C=O) groups is 2. The molecule has 0 fully saturated rings. The van der Waals surface area contributed by atoms with Crippen LogP contribution in [-0.4, -0.2) is 27.5 Å². The van der Waals surface area contributed by atoms with E-state index in [-0.39, 0.29) is 17.6 Å². The Morgan fingerprint density at radius 2 is 2.07 bits per heavy atom. The number of aryl methyl sites for hydroxylation is 1. The van der Waals surface area contributed by atoms with Gasteiger partial charge in [-0.15, -0.1) is 11.3 Å².